The van der Waals surface area contributed by atoms with E-state index in [4.69, 9.17) is 0 Å². The van der Waals surface area contributed by atoms with Crippen LogP contribution in [0.15, 0.2) is 40.4 Å². The Balaban J connectivity index is 2.13. The first-order valence-electron chi connectivity index (χ1n) is 8.10. The zero-order chi connectivity index (χ0) is 18.7. The number of hydrogen-bond donors (Lipinski definition) is 0. The van der Waals surface area contributed by atoms with Gasteiger partial charge in [-0.15, -0.1) is 0 Å². The molecule has 0 aliphatic carbocycles. The molecule has 2 rings (SSSR count). The number of hydrogen-bond acceptors (Lipinski definition) is 5. The number of aromatic nitrogens is 2. The minimum Gasteiger partial charge on any atom is -0.252 e. The first-order valence-corrected chi connectivity index (χ1v) is 10.8. The summed E-state index contributed by atoms with van der Waals surface area (Å²) >= 11 is 1.41. The summed E-state index contributed by atoms with van der Waals surface area (Å²) in [6.07, 6.45) is 0. The molecule has 25 heavy (non-hydrogen) atoms. The van der Waals surface area contributed by atoms with Gasteiger partial charge in [0.15, 0.2) is 10.4 Å². The molecule has 0 amide bonds. The Morgan fingerprint density at radius 3 is 2.12 bits per heavy atom. The molecule has 1 aromatic carbocycles. The standard InChI is InChI=1S/C19H24N2O2S2/c1-14-12-15(2)21-18(20-14)24-10-11-25(23,13-22)17-8-6-16(7-9-17)19(3,4)5/h6-9,12H,10-11H2,1-5H3. The van der Waals surface area contributed by atoms with Gasteiger partial charge in [-0.2, -0.15) is 0 Å². The van der Waals surface area contributed by atoms with Gasteiger partial charge in [0.25, 0.3) is 0 Å². The van der Waals surface area contributed by atoms with Crippen molar-refractivity contribution in [3.63, 3.8) is 0 Å². The first-order chi connectivity index (χ1) is 11.6. The van der Waals surface area contributed by atoms with Crippen LogP contribution in [0.3, 0.4) is 0 Å². The molecule has 0 N–H and O–H groups in total. The Kier molecular flexibility index (Phi) is 6.09. The zero-order valence-electron chi connectivity index (χ0n) is 15.3. The molecule has 6 heteroatoms. The molecule has 2 aromatic rings. The molecule has 0 fully saturated rings. The number of thioether (sulfide) groups is 1. The molecule has 0 aliphatic heterocycles. The van der Waals surface area contributed by atoms with Crippen LogP contribution in [0, 0.1) is 13.8 Å². The maximum Gasteiger partial charge on any atom is 0.190 e. The predicted octanol–water partition coefficient (Wildman–Crippen LogP) is 3.89. The second-order valence-corrected chi connectivity index (χ2v) is 10.5. The topological polar surface area (TPSA) is 59.9 Å². The van der Waals surface area contributed by atoms with Gasteiger partial charge in [0, 0.05) is 27.8 Å². The lowest BCUT2D eigenvalue weighted by Gasteiger charge is -2.19. The van der Waals surface area contributed by atoms with Crippen LogP contribution in [0.5, 0.6) is 0 Å². The van der Waals surface area contributed by atoms with Crippen LogP contribution in [0.4, 0.5) is 0 Å². The zero-order valence-corrected chi connectivity index (χ0v) is 17.0. The van der Waals surface area contributed by atoms with Crippen molar-refractivity contribution in [3.8, 4) is 0 Å². The Hall–Kier alpha value is -1.62. The molecule has 1 unspecified atom stereocenters. The minimum absolute atomic E-state index is 0.0144. The highest BCUT2D eigenvalue weighted by Gasteiger charge is 2.17. The van der Waals surface area contributed by atoms with Crippen LogP contribution in [-0.2, 0) is 19.7 Å². The highest BCUT2D eigenvalue weighted by Crippen LogP contribution is 2.24. The van der Waals surface area contributed by atoms with Crippen molar-refractivity contribution in [1.29, 1.82) is 0 Å². The molecule has 1 aromatic heterocycles. The van der Waals surface area contributed by atoms with Crippen molar-refractivity contribution in [3.05, 3.63) is 47.3 Å². The molecule has 134 valence electrons. The van der Waals surface area contributed by atoms with Gasteiger partial charge in [-0.3, -0.25) is 4.21 Å². The van der Waals surface area contributed by atoms with Crippen molar-refractivity contribution in [1.82, 2.24) is 9.97 Å². The monoisotopic (exact) mass is 376 g/mol. The highest BCUT2D eigenvalue weighted by molar-refractivity contribution is 8.03. The van der Waals surface area contributed by atoms with Crippen LogP contribution in [0.25, 0.3) is 0 Å². The van der Waals surface area contributed by atoms with E-state index in [9.17, 15) is 9.00 Å². The van der Waals surface area contributed by atoms with Gasteiger partial charge in [-0.25, -0.2) is 14.8 Å². The summed E-state index contributed by atoms with van der Waals surface area (Å²) in [5.74, 6) is 0.727. The largest absolute Gasteiger partial charge is 0.252 e. The van der Waals surface area contributed by atoms with Gasteiger partial charge in [0.2, 0.25) is 0 Å². The van der Waals surface area contributed by atoms with Crippen LogP contribution < -0.4 is 0 Å². The van der Waals surface area contributed by atoms with E-state index < -0.39 is 9.52 Å². The fourth-order valence-corrected chi connectivity index (χ4v) is 5.25. The summed E-state index contributed by atoms with van der Waals surface area (Å²) in [6.45, 7) is 10.2. The van der Waals surface area contributed by atoms with Crippen molar-refractivity contribution in [2.75, 3.05) is 11.5 Å². The van der Waals surface area contributed by atoms with Gasteiger partial charge in [0.1, 0.15) is 0 Å². The molecular weight excluding hydrogens is 352 g/mol. The lowest BCUT2D eigenvalue weighted by molar-refractivity contribution is 0.569. The number of aryl methyl sites for hydroxylation is 2. The van der Waals surface area contributed by atoms with Crippen LogP contribution in [-0.4, -0.2) is 30.9 Å². The Morgan fingerprint density at radius 2 is 1.64 bits per heavy atom. The molecule has 0 saturated carbocycles. The third kappa shape index (κ3) is 5.18. The van der Waals surface area contributed by atoms with E-state index in [2.05, 4.69) is 30.7 Å². The molecule has 4 nitrogen and oxygen atoms in total. The maximum absolute atomic E-state index is 13.0. The number of nitrogens with zero attached hydrogens (tertiary/aromatic N) is 2. The summed E-state index contributed by atoms with van der Waals surface area (Å²) in [5.41, 5.74) is 2.95. The highest BCUT2D eigenvalue weighted by atomic mass is 32.2. The van der Waals surface area contributed by atoms with Crippen LogP contribution in [0.2, 0.25) is 0 Å². The Morgan fingerprint density at radius 1 is 1.08 bits per heavy atom. The van der Waals surface area contributed by atoms with E-state index in [0.29, 0.717) is 15.8 Å². The van der Waals surface area contributed by atoms with E-state index in [1.54, 1.807) is 17.4 Å². The van der Waals surface area contributed by atoms with E-state index in [0.717, 1.165) is 17.0 Å². The maximum atomic E-state index is 13.0. The average molecular weight is 377 g/mol. The van der Waals surface area contributed by atoms with Gasteiger partial charge >= 0.3 is 0 Å². The van der Waals surface area contributed by atoms with Crippen molar-refractivity contribution in [2.24, 2.45) is 0 Å². The lowest BCUT2D eigenvalue weighted by Crippen LogP contribution is -2.13. The summed E-state index contributed by atoms with van der Waals surface area (Å²) in [7, 11) is -2.84. The lowest BCUT2D eigenvalue weighted by atomic mass is 9.87. The molecule has 0 bridgehead atoms. The minimum atomic E-state index is -2.84. The number of carbonyl (C=O) groups excluding carboxylic acids is 1. The Bertz CT molecular complexity index is 866. The molecule has 0 radical (unpaired) electrons. The summed E-state index contributed by atoms with van der Waals surface area (Å²) in [5, 5.41) is 2.43. The fourth-order valence-electron chi connectivity index (χ4n) is 2.39. The number of rotatable bonds is 5. The first kappa shape index (κ1) is 19.7. The normalized spacial score (nSPS) is 14.0. The predicted molar refractivity (Wildman–Crippen MR) is 104 cm³/mol. The molecular formula is C19H24N2O2S2. The van der Waals surface area contributed by atoms with E-state index in [-0.39, 0.29) is 11.2 Å². The molecule has 1 heterocycles. The molecule has 0 spiro atoms. The van der Waals surface area contributed by atoms with Gasteiger partial charge in [0.05, 0.1) is 9.52 Å². The van der Waals surface area contributed by atoms with E-state index in [1.807, 2.05) is 32.0 Å². The molecule has 0 aliphatic rings. The summed E-state index contributed by atoms with van der Waals surface area (Å²) in [4.78, 5) is 20.7. The van der Waals surface area contributed by atoms with Gasteiger partial charge in [-0.1, -0.05) is 44.7 Å². The summed E-state index contributed by atoms with van der Waals surface area (Å²) < 4.78 is 13.0. The Labute approximate surface area is 154 Å². The van der Waals surface area contributed by atoms with Crippen LogP contribution in [0.1, 0.15) is 37.7 Å². The average Bonchev–Trinajstić information content (AvgIpc) is 2.53. The van der Waals surface area contributed by atoms with E-state index in [1.165, 1.54) is 11.8 Å². The second-order valence-electron chi connectivity index (χ2n) is 7.02. The molecule has 0 saturated heterocycles. The van der Waals surface area contributed by atoms with Gasteiger partial charge in [-0.05, 0) is 43.0 Å². The van der Waals surface area contributed by atoms with Crippen LogP contribution >= 0.6 is 11.8 Å². The summed E-state index contributed by atoms with van der Waals surface area (Å²) in [6, 6.07) is 9.35. The van der Waals surface area contributed by atoms with E-state index >= 15 is 0 Å². The molecule has 1 atom stereocenters. The van der Waals surface area contributed by atoms with Crippen molar-refractivity contribution in [2.45, 2.75) is 50.1 Å². The smallest absolute Gasteiger partial charge is 0.190 e. The van der Waals surface area contributed by atoms with Crippen molar-refractivity contribution >= 4 is 26.5 Å². The van der Waals surface area contributed by atoms with Gasteiger partial charge < -0.3 is 0 Å². The third-order valence-electron chi connectivity index (χ3n) is 3.80. The van der Waals surface area contributed by atoms with Crippen molar-refractivity contribution < 1.29 is 9.00 Å². The fraction of sp³-hybridized carbons (Fsp3) is 0.421. The second kappa shape index (κ2) is 7.73. The number of benzene rings is 1. The third-order valence-corrected chi connectivity index (χ3v) is 6.99. The quantitative estimate of drug-likeness (QED) is 0.450. The SMILES string of the molecule is Cc1cc(C)nc(SCCS(=O)(=C=O)c2ccc(C(C)(C)C)cc2)n1.